The van der Waals surface area contributed by atoms with Crippen molar-refractivity contribution in [3.63, 3.8) is 0 Å². The van der Waals surface area contributed by atoms with Crippen LogP contribution in [0.3, 0.4) is 0 Å². The zero-order chi connectivity index (χ0) is 14.1. The maximum Gasteiger partial charge on any atom is 0.265 e. The highest BCUT2D eigenvalue weighted by atomic mass is 79.9. The molecule has 1 rings (SSSR count). The summed E-state index contributed by atoms with van der Waals surface area (Å²) >= 11 is 8.68. The van der Waals surface area contributed by atoms with Gasteiger partial charge in [-0.05, 0) is 22.0 Å². The van der Waals surface area contributed by atoms with Crippen LogP contribution >= 0.6 is 27.5 Å². The monoisotopic (exact) mass is 360 g/mol. The predicted molar refractivity (Wildman–Crippen MR) is 70.5 cm³/mol. The normalized spacial score (nSPS) is 13.4. The van der Waals surface area contributed by atoms with Gasteiger partial charge in [-0.15, -0.1) is 0 Å². The fourth-order valence-electron chi connectivity index (χ4n) is 1.58. The van der Waals surface area contributed by atoms with Crippen LogP contribution in [0.1, 0.15) is 18.4 Å². The Morgan fingerprint density at radius 3 is 2.61 bits per heavy atom. The highest BCUT2D eigenvalue weighted by molar-refractivity contribution is 9.10. The average Bonchev–Trinajstić information content (AvgIpc) is 2.23. The van der Waals surface area contributed by atoms with Gasteiger partial charge in [0.2, 0.25) is 0 Å². The Hall–Kier alpha value is -0.370. The van der Waals surface area contributed by atoms with Gasteiger partial charge in [-0.25, -0.2) is 4.39 Å². The van der Waals surface area contributed by atoms with Gasteiger partial charge in [0.1, 0.15) is 5.75 Å². The molecule has 0 aromatic heterocycles. The van der Waals surface area contributed by atoms with E-state index in [1.807, 2.05) is 0 Å². The van der Waals surface area contributed by atoms with Crippen molar-refractivity contribution in [2.75, 3.05) is 12.9 Å². The summed E-state index contributed by atoms with van der Waals surface area (Å²) in [4.78, 5) is 0. The number of methoxy groups -OCH3 is 1. The Morgan fingerprint density at radius 2 is 2.17 bits per heavy atom. The first-order valence-corrected chi connectivity index (χ1v) is 7.62. The summed E-state index contributed by atoms with van der Waals surface area (Å²) in [5.74, 6) is -1.62. The summed E-state index contributed by atoms with van der Waals surface area (Å²) < 4.78 is 49.1. The number of ether oxygens (including phenoxy) is 1. The molecule has 1 aromatic carbocycles. The molecule has 18 heavy (non-hydrogen) atoms. The molecule has 1 aromatic rings. The van der Waals surface area contributed by atoms with Crippen molar-refractivity contribution in [2.24, 2.45) is 0 Å². The van der Waals surface area contributed by atoms with Gasteiger partial charge in [0.15, 0.2) is 5.82 Å². The molecular formula is C10H11BrClFO4S. The minimum absolute atomic E-state index is 0.0229. The molecule has 8 heteroatoms. The van der Waals surface area contributed by atoms with Gasteiger partial charge in [-0.3, -0.25) is 4.55 Å². The largest absolute Gasteiger partial charge is 0.495 e. The van der Waals surface area contributed by atoms with Crippen molar-refractivity contribution in [3.8, 4) is 5.75 Å². The average molecular weight is 362 g/mol. The van der Waals surface area contributed by atoms with Gasteiger partial charge in [0.25, 0.3) is 10.1 Å². The number of halogens is 3. The van der Waals surface area contributed by atoms with E-state index in [4.69, 9.17) is 20.9 Å². The minimum Gasteiger partial charge on any atom is -0.495 e. The fraction of sp³-hybridized carbons (Fsp3) is 0.400. The predicted octanol–water partition coefficient (Wildman–Crippen LogP) is 3.24. The molecule has 0 bridgehead atoms. The van der Waals surface area contributed by atoms with Crippen molar-refractivity contribution in [3.05, 3.63) is 26.9 Å². The van der Waals surface area contributed by atoms with E-state index in [1.165, 1.54) is 13.2 Å². The minimum atomic E-state index is -4.14. The lowest BCUT2D eigenvalue weighted by atomic mass is 10.0. The third-order valence-corrected chi connectivity index (χ3v) is 4.25. The second-order valence-electron chi connectivity index (χ2n) is 3.76. The zero-order valence-electron chi connectivity index (χ0n) is 9.58. The van der Waals surface area contributed by atoms with Crippen LogP contribution in [0.2, 0.25) is 5.02 Å². The first-order chi connectivity index (χ1) is 8.17. The van der Waals surface area contributed by atoms with Crippen LogP contribution in [0.5, 0.6) is 5.75 Å². The number of hydrogen-bond donors (Lipinski definition) is 1. The number of hydrogen-bond acceptors (Lipinski definition) is 3. The number of benzene rings is 1. The van der Waals surface area contributed by atoms with Crippen LogP contribution in [0, 0.1) is 5.82 Å². The van der Waals surface area contributed by atoms with E-state index in [0.717, 1.165) is 0 Å². The summed E-state index contributed by atoms with van der Waals surface area (Å²) in [6.45, 7) is 1.56. The van der Waals surface area contributed by atoms with Crippen LogP contribution in [0.15, 0.2) is 10.5 Å². The van der Waals surface area contributed by atoms with Crippen molar-refractivity contribution in [1.29, 1.82) is 0 Å². The Labute approximate surface area is 118 Å². The maximum absolute atomic E-state index is 13.5. The Balaban J connectivity index is 3.32. The van der Waals surface area contributed by atoms with E-state index < -0.39 is 27.6 Å². The third-order valence-electron chi connectivity index (χ3n) is 2.34. The van der Waals surface area contributed by atoms with Crippen LogP contribution in [-0.2, 0) is 10.1 Å². The molecule has 1 unspecified atom stereocenters. The van der Waals surface area contributed by atoms with Gasteiger partial charge in [-0.2, -0.15) is 8.42 Å². The SMILES string of the molecule is COc1c(C(C)CS(=O)(=O)O)cc(Cl)c(F)c1Br. The molecule has 0 saturated heterocycles. The molecule has 4 nitrogen and oxygen atoms in total. The van der Waals surface area contributed by atoms with Crippen molar-refractivity contribution < 1.29 is 22.1 Å². The lowest BCUT2D eigenvalue weighted by Gasteiger charge is -2.17. The molecule has 1 atom stereocenters. The molecule has 0 heterocycles. The molecule has 0 spiro atoms. The van der Waals surface area contributed by atoms with E-state index >= 15 is 0 Å². The van der Waals surface area contributed by atoms with E-state index in [0.29, 0.717) is 5.56 Å². The third kappa shape index (κ3) is 3.57. The van der Waals surface area contributed by atoms with Gasteiger partial charge in [0.05, 0.1) is 22.4 Å². The molecule has 0 radical (unpaired) electrons. The van der Waals surface area contributed by atoms with Crippen LogP contribution < -0.4 is 4.74 Å². The lowest BCUT2D eigenvalue weighted by molar-refractivity contribution is 0.400. The summed E-state index contributed by atoms with van der Waals surface area (Å²) in [5.41, 5.74) is 0.397. The molecule has 0 aliphatic carbocycles. The fourth-order valence-corrected chi connectivity index (χ4v) is 3.32. The quantitative estimate of drug-likeness (QED) is 0.660. The molecule has 102 valence electrons. The number of rotatable bonds is 4. The first kappa shape index (κ1) is 15.7. The zero-order valence-corrected chi connectivity index (χ0v) is 12.7. The van der Waals surface area contributed by atoms with E-state index in [1.54, 1.807) is 6.92 Å². The smallest absolute Gasteiger partial charge is 0.265 e. The molecule has 0 fully saturated rings. The summed E-state index contributed by atoms with van der Waals surface area (Å²) in [6.07, 6.45) is 0. The second-order valence-corrected chi connectivity index (χ2v) is 6.46. The molecular weight excluding hydrogens is 351 g/mol. The van der Waals surface area contributed by atoms with E-state index in [9.17, 15) is 12.8 Å². The molecule has 0 aliphatic rings. The van der Waals surface area contributed by atoms with E-state index in [2.05, 4.69) is 15.9 Å². The molecule has 0 aliphatic heterocycles. The van der Waals surface area contributed by atoms with Crippen LogP contribution in [0.25, 0.3) is 0 Å². The van der Waals surface area contributed by atoms with Crippen molar-refractivity contribution in [2.45, 2.75) is 12.8 Å². The van der Waals surface area contributed by atoms with E-state index in [-0.39, 0.29) is 15.2 Å². The summed E-state index contributed by atoms with van der Waals surface area (Å²) in [5, 5.41) is -0.153. The maximum atomic E-state index is 13.5. The van der Waals surface area contributed by atoms with Crippen molar-refractivity contribution >= 4 is 37.6 Å². The van der Waals surface area contributed by atoms with Crippen LogP contribution in [0.4, 0.5) is 4.39 Å². The first-order valence-electron chi connectivity index (χ1n) is 4.84. The molecule has 0 saturated carbocycles. The summed E-state index contributed by atoms with van der Waals surface area (Å²) in [7, 11) is -2.81. The Morgan fingerprint density at radius 1 is 1.61 bits per heavy atom. The Kier molecular flexibility index (Phi) is 4.99. The second kappa shape index (κ2) is 5.73. The highest BCUT2D eigenvalue weighted by Crippen LogP contribution is 2.39. The molecule has 0 amide bonds. The Bertz CT molecular complexity index is 561. The lowest BCUT2D eigenvalue weighted by Crippen LogP contribution is -2.12. The van der Waals surface area contributed by atoms with Gasteiger partial charge < -0.3 is 4.74 Å². The van der Waals surface area contributed by atoms with Gasteiger partial charge in [-0.1, -0.05) is 18.5 Å². The van der Waals surface area contributed by atoms with Crippen molar-refractivity contribution in [1.82, 2.24) is 0 Å². The summed E-state index contributed by atoms with van der Waals surface area (Å²) in [6, 6.07) is 1.29. The van der Waals surface area contributed by atoms with Gasteiger partial charge >= 0.3 is 0 Å². The van der Waals surface area contributed by atoms with Gasteiger partial charge in [0, 0.05) is 11.5 Å². The standard InChI is InChI=1S/C10H11BrClFO4S/c1-5(4-18(14,15)16)6-3-7(12)9(13)8(11)10(6)17-2/h3,5H,4H2,1-2H3,(H,14,15,16). The van der Waals surface area contributed by atoms with Crippen LogP contribution in [-0.4, -0.2) is 25.8 Å². The highest BCUT2D eigenvalue weighted by Gasteiger charge is 2.23. The topological polar surface area (TPSA) is 63.6 Å². The molecule has 1 N–H and O–H groups in total.